The Hall–Kier alpha value is 0. The van der Waals surface area contributed by atoms with Crippen LogP contribution in [0.2, 0.25) is 0 Å². The van der Waals surface area contributed by atoms with E-state index in [0.29, 0.717) is 0 Å². The third kappa shape index (κ3) is 2.27. The summed E-state index contributed by atoms with van der Waals surface area (Å²) in [5.74, 6) is 1.08. The minimum Gasteiger partial charge on any atom is -0.0654 e. The van der Waals surface area contributed by atoms with E-state index in [1.54, 1.807) is 0 Å². The van der Waals surface area contributed by atoms with E-state index in [4.69, 9.17) is 0 Å². The highest BCUT2D eigenvalue weighted by molar-refractivity contribution is 4.94. The molecule has 78 valence electrons. The van der Waals surface area contributed by atoms with Crippen LogP contribution < -0.4 is 0 Å². The lowest BCUT2D eigenvalue weighted by atomic mass is 9.55. The van der Waals surface area contributed by atoms with Crippen molar-refractivity contribution in [1.82, 2.24) is 0 Å². The molecule has 1 atom stereocenters. The van der Waals surface area contributed by atoms with Crippen molar-refractivity contribution in [2.45, 2.75) is 72.1 Å². The summed E-state index contributed by atoms with van der Waals surface area (Å²) in [4.78, 5) is 0. The molecule has 0 aromatic rings. The number of hydrogen-bond acceptors (Lipinski definition) is 0. The van der Waals surface area contributed by atoms with Crippen LogP contribution in [0.5, 0.6) is 0 Å². The number of hydrogen-bond donors (Lipinski definition) is 0. The van der Waals surface area contributed by atoms with Crippen LogP contribution >= 0.6 is 0 Å². The van der Waals surface area contributed by atoms with E-state index in [2.05, 4.69) is 20.8 Å². The molecule has 1 rings (SSSR count). The first-order valence-corrected chi connectivity index (χ1v) is 6.29. The Labute approximate surface area is 84.1 Å². The van der Waals surface area contributed by atoms with Crippen LogP contribution in [0.4, 0.5) is 0 Å². The minimum absolute atomic E-state index is 0.791. The standard InChI is InChI=1S/C13H26/c1-4-7-12-8-11-13(12,9-5-2)10-6-3/h12H,4-11H2,1-3H3. The van der Waals surface area contributed by atoms with Gasteiger partial charge in [0.1, 0.15) is 0 Å². The van der Waals surface area contributed by atoms with Gasteiger partial charge in [-0.05, 0) is 37.0 Å². The van der Waals surface area contributed by atoms with Gasteiger partial charge in [0.25, 0.3) is 0 Å². The van der Waals surface area contributed by atoms with E-state index in [9.17, 15) is 0 Å². The van der Waals surface area contributed by atoms with Gasteiger partial charge in [-0.1, -0.05) is 46.5 Å². The topological polar surface area (TPSA) is 0 Å². The van der Waals surface area contributed by atoms with Gasteiger partial charge < -0.3 is 0 Å². The fourth-order valence-corrected chi connectivity index (χ4v) is 3.33. The zero-order chi connectivity index (χ0) is 9.73. The van der Waals surface area contributed by atoms with Gasteiger partial charge in [-0.2, -0.15) is 0 Å². The fraction of sp³-hybridized carbons (Fsp3) is 1.00. The maximum Gasteiger partial charge on any atom is -0.0269 e. The molecule has 0 aliphatic heterocycles. The third-order valence-electron chi connectivity index (χ3n) is 3.99. The Kier molecular flexibility index (Phi) is 4.28. The minimum atomic E-state index is 0.791. The van der Waals surface area contributed by atoms with E-state index in [-0.39, 0.29) is 0 Å². The maximum absolute atomic E-state index is 2.35. The van der Waals surface area contributed by atoms with Crippen LogP contribution in [0, 0.1) is 11.3 Å². The zero-order valence-electron chi connectivity index (χ0n) is 9.73. The molecule has 0 heterocycles. The zero-order valence-corrected chi connectivity index (χ0v) is 9.73. The lowest BCUT2D eigenvalue weighted by molar-refractivity contribution is 0.00283. The van der Waals surface area contributed by atoms with Gasteiger partial charge in [-0.15, -0.1) is 0 Å². The van der Waals surface area contributed by atoms with E-state index in [0.717, 1.165) is 11.3 Å². The lowest BCUT2D eigenvalue weighted by Crippen LogP contribution is -2.39. The molecule has 1 aliphatic rings. The van der Waals surface area contributed by atoms with Crippen molar-refractivity contribution in [3.63, 3.8) is 0 Å². The highest BCUT2D eigenvalue weighted by atomic mass is 14.5. The summed E-state index contributed by atoms with van der Waals surface area (Å²) in [6.45, 7) is 7.03. The predicted molar refractivity (Wildman–Crippen MR) is 59.9 cm³/mol. The first kappa shape index (κ1) is 11.1. The maximum atomic E-state index is 2.35. The number of rotatable bonds is 6. The van der Waals surface area contributed by atoms with Crippen molar-refractivity contribution in [2.24, 2.45) is 11.3 Å². The molecule has 0 nitrogen and oxygen atoms in total. The van der Waals surface area contributed by atoms with Crippen molar-refractivity contribution in [1.29, 1.82) is 0 Å². The van der Waals surface area contributed by atoms with Gasteiger partial charge in [0, 0.05) is 0 Å². The third-order valence-corrected chi connectivity index (χ3v) is 3.99. The van der Waals surface area contributed by atoms with Gasteiger partial charge in [-0.25, -0.2) is 0 Å². The average Bonchev–Trinajstić information content (AvgIpc) is 2.12. The van der Waals surface area contributed by atoms with E-state index >= 15 is 0 Å². The highest BCUT2D eigenvalue weighted by Gasteiger charge is 2.43. The van der Waals surface area contributed by atoms with Crippen molar-refractivity contribution in [3.05, 3.63) is 0 Å². The quantitative estimate of drug-likeness (QED) is 0.554. The van der Waals surface area contributed by atoms with Crippen molar-refractivity contribution < 1.29 is 0 Å². The molecule has 1 unspecified atom stereocenters. The first-order valence-electron chi connectivity index (χ1n) is 6.29. The molecule has 13 heavy (non-hydrogen) atoms. The average molecular weight is 182 g/mol. The summed E-state index contributed by atoms with van der Waals surface area (Å²) in [5, 5.41) is 0. The van der Waals surface area contributed by atoms with Crippen LogP contribution in [-0.2, 0) is 0 Å². The Morgan fingerprint density at radius 1 is 1.00 bits per heavy atom. The molecule has 1 saturated carbocycles. The molecule has 0 bridgehead atoms. The van der Waals surface area contributed by atoms with Crippen LogP contribution in [0.15, 0.2) is 0 Å². The summed E-state index contributed by atoms with van der Waals surface area (Å²) >= 11 is 0. The van der Waals surface area contributed by atoms with Crippen LogP contribution in [-0.4, -0.2) is 0 Å². The molecule has 0 heteroatoms. The Balaban J connectivity index is 2.46. The largest absolute Gasteiger partial charge is 0.0654 e. The fourth-order valence-electron chi connectivity index (χ4n) is 3.33. The molecule has 0 saturated heterocycles. The normalized spacial score (nSPS) is 25.6. The Morgan fingerprint density at radius 2 is 1.62 bits per heavy atom. The van der Waals surface area contributed by atoms with Crippen molar-refractivity contribution in [2.75, 3.05) is 0 Å². The molecule has 0 amide bonds. The molecule has 0 spiro atoms. The van der Waals surface area contributed by atoms with E-state index in [1.807, 2.05) is 0 Å². The summed E-state index contributed by atoms with van der Waals surface area (Å²) < 4.78 is 0. The van der Waals surface area contributed by atoms with Crippen LogP contribution in [0.3, 0.4) is 0 Å². The van der Waals surface area contributed by atoms with Crippen molar-refractivity contribution in [3.8, 4) is 0 Å². The molecule has 0 aromatic heterocycles. The van der Waals surface area contributed by atoms with Gasteiger partial charge in [0.05, 0.1) is 0 Å². The van der Waals surface area contributed by atoms with Crippen LogP contribution in [0.25, 0.3) is 0 Å². The molecule has 1 fully saturated rings. The van der Waals surface area contributed by atoms with Crippen LogP contribution in [0.1, 0.15) is 72.1 Å². The SMILES string of the molecule is CCCC1CCC1(CCC)CCC. The molecular weight excluding hydrogens is 156 g/mol. The Morgan fingerprint density at radius 3 is 1.92 bits per heavy atom. The molecule has 0 aromatic carbocycles. The van der Waals surface area contributed by atoms with E-state index < -0.39 is 0 Å². The predicted octanol–water partition coefficient (Wildman–Crippen LogP) is 4.78. The summed E-state index contributed by atoms with van der Waals surface area (Å²) in [6.07, 6.45) is 11.7. The smallest absolute Gasteiger partial charge is 0.0269 e. The second kappa shape index (κ2) is 5.02. The summed E-state index contributed by atoms with van der Waals surface area (Å²) in [5.41, 5.74) is 0.791. The van der Waals surface area contributed by atoms with Gasteiger partial charge >= 0.3 is 0 Å². The molecule has 0 radical (unpaired) electrons. The monoisotopic (exact) mass is 182 g/mol. The van der Waals surface area contributed by atoms with Crippen molar-refractivity contribution >= 4 is 0 Å². The van der Waals surface area contributed by atoms with Gasteiger partial charge in [-0.3, -0.25) is 0 Å². The highest BCUT2D eigenvalue weighted by Crippen LogP contribution is 2.55. The lowest BCUT2D eigenvalue weighted by Gasteiger charge is -2.50. The second-order valence-corrected chi connectivity index (χ2v) is 4.89. The summed E-state index contributed by atoms with van der Waals surface area (Å²) in [7, 11) is 0. The molecule has 0 N–H and O–H groups in total. The van der Waals surface area contributed by atoms with Gasteiger partial charge in [0.2, 0.25) is 0 Å². The second-order valence-electron chi connectivity index (χ2n) is 4.89. The van der Waals surface area contributed by atoms with Gasteiger partial charge in [0.15, 0.2) is 0 Å². The molecular formula is C13H26. The first-order chi connectivity index (χ1) is 6.29. The summed E-state index contributed by atoms with van der Waals surface area (Å²) in [6, 6.07) is 0. The molecule has 1 aliphatic carbocycles. The Bertz CT molecular complexity index is 131. The van der Waals surface area contributed by atoms with E-state index in [1.165, 1.54) is 51.4 Å².